The summed E-state index contributed by atoms with van der Waals surface area (Å²) < 4.78 is 70.9. The van der Waals surface area contributed by atoms with E-state index in [2.05, 4.69) is 6.58 Å². The molecular weight excluding hydrogens is 423 g/mol. The van der Waals surface area contributed by atoms with Gasteiger partial charge in [-0.3, -0.25) is 0 Å². The molecule has 174 valence electrons. The number of benzene rings is 2. The van der Waals surface area contributed by atoms with E-state index in [0.717, 1.165) is 49.4 Å². The van der Waals surface area contributed by atoms with Crippen LogP contribution >= 0.6 is 0 Å². The summed E-state index contributed by atoms with van der Waals surface area (Å²) in [5.41, 5.74) is 1.09. The summed E-state index contributed by atoms with van der Waals surface area (Å²) in [6.07, 6.45) is 0.195. The lowest BCUT2D eigenvalue weighted by atomic mass is 9.77. The first-order valence-electron chi connectivity index (χ1n) is 11.0. The molecule has 0 N–H and O–H groups in total. The van der Waals surface area contributed by atoms with Gasteiger partial charge in [-0.2, -0.15) is 22.0 Å². The minimum absolute atomic E-state index is 0.0852. The second-order valence-electron chi connectivity index (χ2n) is 8.62. The van der Waals surface area contributed by atoms with Gasteiger partial charge in [0.05, 0.1) is 18.6 Å². The van der Waals surface area contributed by atoms with E-state index >= 15 is 0 Å². The maximum Gasteiger partial charge on any atom is 0.416 e. The van der Waals surface area contributed by atoms with Crippen LogP contribution in [-0.2, 0) is 23.9 Å². The van der Waals surface area contributed by atoms with Crippen molar-refractivity contribution in [2.45, 2.75) is 69.8 Å². The molecule has 1 saturated carbocycles. The highest BCUT2D eigenvalue weighted by Crippen LogP contribution is 2.37. The number of hydrogen-bond donors (Lipinski definition) is 0. The van der Waals surface area contributed by atoms with Crippen LogP contribution in [0, 0.1) is 5.92 Å². The molecule has 0 heterocycles. The number of ether oxygens (including phenoxy) is 1. The van der Waals surface area contributed by atoms with E-state index in [1.165, 1.54) is 24.8 Å². The van der Waals surface area contributed by atoms with Gasteiger partial charge in [-0.25, -0.2) is 0 Å². The molecule has 1 fully saturated rings. The third-order valence-corrected chi connectivity index (χ3v) is 6.22. The monoisotopic (exact) mass is 452 g/mol. The first-order valence-corrected chi connectivity index (χ1v) is 11.0. The zero-order chi connectivity index (χ0) is 23.2. The molecule has 0 aliphatic heterocycles. The maximum absolute atomic E-state index is 14.2. The van der Waals surface area contributed by atoms with Crippen LogP contribution in [-0.4, -0.2) is 6.11 Å². The lowest BCUT2D eigenvalue weighted by Gasteiger charge is -2.28. The van der Waals surface area contributed by atoms with Gasteiger partial charge in [0.1, 0.15) is 0 Å². The Balaban J connectivity index is 1.48. The number of alkyl halides is 5. The molecule has 0 saturated heterocycles. The zero-order valence-electron chi connectivity index (χ0n) is 18.0. The minimum Gasteiger partial charge on any atom is -0.315 e. The molecule has 0 atom stereocenters. The largest absolute Gasteiger partial charge is 0.416 e. The van der Waals surface area contributed by atoms with E-state index in [-0.39, 0.29) is 12.2 Å². The molecule has 1 nitrogen and oxygen atoms in total. The molecule has 0 bridgehead atoms. The van der Waals surface area contributed by atoms with Crippen molar-refractivity contribution < 1.29 is 26.7 Å². The van der Waals surface area contributed by atoms with E-state index in [1.807, 2.05) is 30.3 Å². The van der Waals surface area contributed by atoms with E-state index in [0.29, 0.717) is 11.5 Å². The third-order valence-electron chi connectivity index (χ3n) is 6.22. The molecule has 2 aromatic carbocycles. The highest BCUT2D eigenvalue weighted by Gasteiger charge is 2.33. The van der Waals surface area contributed by atoms with E-state index in [9.17, 15) is 22.0 Å². The topological polar surface area (TPSA) is 9.23 Å². The molecule has 0 unspecified atom stereocenters. The fourth-order valence-corrected chi connectivity index (χ4v) is 4.31. The molecule has 0 spiro atoms. The lowest BCUT2D eigenvalue weighted by Crippen LogP contribution is -2.24. The quantitative estimate of drug-likeness (QED) is 0.275. The molecule has 0 aromatic heterocycles. The smallest absolute Gasteiger partial charge is 0.315 e. The van der Waals surface area contributed by atoms with Crippen molar-refractivity contribution in [3.8, 4) is 0 Å². The van der Waals surface area contributed by atoms with Crippen LogP contribution in [0.3, 0.4) is 0 Å². The van der Waals surface area contributed by atoms with Gasteiger partial charge >= 0.3 is 12.3 Å². The molecule has 0 radical (unpaired) electrons. The van der Waals surface area contributed by atoms with Gasteiger partial charge in [0, 0.05) is 0 Å². The highest BCUT2D eigenvalue weighted by atomic mass is 19.4. The van der Waals surface area contributed by atoms with Gasteiger partial charge in [0.2, 0.25) is 0 Å². The van der Waals surface area contributed by atoms with Crippen molar-refractivity contribution in [1.29, 1.82) is 0 Å². The minimum atomic E-state index is -4.49. The van der Waals surface area contributed by atoms with Crippen LogP contribution in [0.1, 0.15) is 66.7 Å². The molecule has 2 aromatic rings. The lowest BCUT2D eigenvalue weighted by molar-refractivity contribution is -0.244. The van der Waals surface area contributed by atoms with Crippen LogP contribution in [0.25, 0.3) is 0 Å². The SMILES string of the molecule is C=CCCC1CCC(c2ccc(COC(F)(F)Cc3ccc(C(F)(F)F)cc3)cc2)CC1. The second kappa shape index (κ2) is 10.6. The molecular formula is C26H29F5O. The Morgan fingerprint density at radius 2 is 1.44 bits per heavy atom. The molecule has 32 heavy (non-hydrogen) atoms. The summed E-state index contributed by atoms with van der Waals surface area (Å²) in [5.74, 6) is 1.27. The summed E-state index contributed by atoms with van der Waals surface area (Å²) in [6.45, 7) is 3.52. The van der Waals surface area contributed by atoms with Crippen LogP contribution in [0.4, 0.5) is 22.0 Å². The van der Waals surface area contributed by atoms with Crippen LogP contribution in [0.2, 0.25) is 0 Å². The number of halogens is 5. The molecule has 6 heteroatoms. The van der Waals surface area contributed by atoms with Crippen LogP contribution < -0.4 is 0 Å². The van der Waals surface area contributed by atoms with Crippen molar-refractivity contribution in [1.82, 2.24) is 0 Å². The average Bonchev–Trinajstić information content (AvgIpc) is 2.77. The van der Waals surface area contributed by atoms with Crippen LogP contribution in [0.5, 0.6) is 0 Å². The summed E-state index contributed by atoms with van der Waals surface area (Å²) in [4.78, 5) is 0. The van der Waals surface area contributed by atoms with E-state index in [1.54, 1.807) is 0 Å². The Labute approximate surface area is 186 Å². The van der Waals surface area contributed by atoms with Gasteiger partial charge in [-0.1, -0.05) is 42.5 Å². The normalized spacial score (nSPS) is 19.7. The fraction of sp³-hybridized carbons (Fsp3) is 0.462. The summed E-state index contributed by atoms with van der Waals surface area (Å²) in [6, 6.07) is 11.3. The first-order chi connectivity index (χ1) is 15.2. The van der Waals surface area contributed by atoms with Crippen molar-refractivity contribution in [3.63, 3.8) is 0 Å². The zero-order valence-corrected chi connectivity index (χ0v) is 18.0. The van der Waals surface area contributed by atoms with Crippen molar-refractivity contribution in [3.05, 3.63) is 83.4 Å². The van der Waals surface area contributed by atoms with E-state index < -0.39 is 24.3 Å². The van der Waals surface area contributed by atoms with Gasteiger partial charge in [-0.05, 0) is 79.2 Å². The maximum atomic E-state index is 14.2. The molecule has 3 rings (SSSR count). The Morgan fingerprint density at radius 3 is 2.00 bits per heavy atom. The van der Waals surface area contributed by atoms with Crippen molar-refractivity contribution in [2.75, 3.05) is 0 Å². The Kier molecular flexibility index (Phi) is 8.10. The Bertz CT molecular complexity index is 847. The predicted molar refractivity (Wildman–Crippen MR) is 115 cm³/mol. The van der Waals surface area contributed by atoms with Gasteiger partial charge < -0.3 is 4.74 Å². The first kappa shape index (κ1) is 24.4. The predicted octanol–water partition coefficient (Wildman–Crippen LogP) is 8.30. The molecule has 0 amide bonds. The standard InChI is InChI=1S/C26H29F5O/c1-2-3-4-19-5-11-22(12-6-19)23-13-7-21(8-14-23)18-32-25(27,28)17-20-9-15-24(16-10-20)26(29,30)31/h2,7-10,13-16,19,22H,1,3-6,11-12,17-18H2. The Morgan fingerprint density at radius 1 is 0.844 bits per heavy atom. The summed E-state index contributed by atoms with van der Waals surface area (Å²) in [7, 11) is 0. The fourth-order valence-electron chi connectivity index (χ4n) is 4.31. The van der Waals surface area contributed by atoms with Gasteiger partial charge in [-0.15, -0.1) is 6.58 Å². The Hall–Kier alpha value is -2.21. The molecule has 1 aliphatic rings. The number of allylic oxidation sites excluding steroid dienone is 1. The van der Waals surface area contributed by atoms with Gasteiger partial charge in [0.15, 0.2) is 0 Å². The number of rotatable bonds is 9. The van der Waals surface area contributed by atoms with Crippen LogP contribution in [0.15, 0.2) is 61.2 Å². The number of hydrogen-bond acceptors (Lipinski definition) is 1. The summed E-state index contributed by atoms with van der Waals surface area (Å²) >= 11 is 0. The molecule has 1 aliphatic carbocycles. The van der Waals surface area contributed by atoms with Crippen molar-refractivity contribution >= 4 is 0 Å². The summed E-state index contributed by atoms with van der Waals surface area (Å²) in [5, 5.41) is 0. The van der Waals surface area contributed by atoms with E-state index in [4.69, 9.17) is 4.74 Å². The van der Waals surface area contributed by atoms with Crippen molar-refractivity contribution in [2.24, 2.45) is 5.92 Å². The average molecular weight is 453 g/mol. The third kappa shape index (κ3) is 7.16. The van der Waals surface area contributed by atoms with Gasteiger partial charge in [0.25, 0.3) is 0 Å². The second-order valence-corrected chi connectivity index (χ2v) is 8.62. The highest BCUT2D eigenvalue weighted by molar-refractivity contribution is 5.26.